The molecule has 0 atom stereocenters. The second-order valence-electron chi connectivity index (χ2n) is 5.10. The summed E-state index contributed by atoms with van der Waals surface area (Å²) in [6.07, 6.45) is 1.87. The second kappa shape index (κ2) is 5.47. The molecule has 1 aliphatic carbocycles. The van der Waals surface area contributed by atoms with Gasteiger partial charge in [0, 0.05) is 18.7 Å². The monoisotopic (exact) mass is 287 g/mol. The van der Waals surface area contributed by atoms with Crippen molar-refractivity contribution in [1.82, 2.24) is 15.1 Å². The Hall–Kier alpha value is -2.50. The molecule has 21 heavy (non-hydrogen) atoms. The van der Waals surface area contributed by atoms with Crippen molar-refractivity contribution in [2.75, 3.05) is 0 Å². The van der Waals surface area contributed by atoms with E-state index in [2.05, 4.69) is 10.2 Å². The molecule has 1 saturated carbocycles. The highest BCUT2D eigenvalue weighted by Gasteiger charge is 2.33. The Balaban J connectivity index is 1.83. The topological polar surface area (TPSA) is 66.1 Å². The highest BCUT2D eigenvalue weighted by atomic mass is 19.1. The zero-order valence-corrected chi connectivity index (χ0v) is 11.3. The number of halogens is 1. The van der Waals surface area contributed by atoms with Crippen LogP contribution in [0.15, 0.2) is 41.2 Å². The van der Waals surface area contributed by atoms with Crippen molar-refractivity contribution in [2.45, 2.75) is 25.4 Å². The molecule has 1 aliphatic rings. The van der Waals surface area contributed by atoms with E-state index in [1.54, 1.807) is 17.0 Å². The molecule has 5 nitrogen and oxygen atoms in total. The molecule has 6 heteroatoms. The summed E-state index contributed by atoms with van der Waals surface area (Å²) < 4.78 is 13.2. The molecule has 0 saturated heterocycles. The van der Waals surface area contributed by atoms with Crippen LogP contribution in [-0.2, 0) is 6.54 Å². The number of H-pyrrole nitrogens is 1. The predicted molar refractivity (Wildman–Crippen MR) is 74.2 cm³/mol. The Morgan fingerprint density at radius 2 is 2.14 bits per heavy atom. The first-order chi connectivity index (χ1) is 10.1. The molecule has 1 N–H and O–H groups in total. The van der Waals surface area contributed by atoms with Crippen LogP contribution in [0.2, 0.25) is 0 Å². The van der Waals surface area contributed by atoms with Gasteiger partial charge in [0.1, 0.15) is 11.5 Å². The van der Waals surface area contributed by atoms with E-state index in [9.17, 15) is 14.0 Å². The quantitative estimate of drug-likeness (QED) is 0.931. The van der Waals surface area contributed by atoms with E-state index in [0.29, 0.717) is 6.54 Å². The molecule has 1 amide bonds. The Morgan fingerprint density at radius 3 is 2.76 bits per heavy atom. The van der Waals surface area contributed by atoms with Gasteiger partial charge in [-0.25, -0.2) is 9.49 Å². The lowest BCUT2D eigenvalue weighted by Crippen LogP contribution is -2.33. The summed E-state index contributed by atoms with van der Waals surface area (Å²) in [6, 6.07) is 9.04. The van der Waals surface area contributed by atoms with Crippen LogP contribution in [-0.4, -0.2) is 27.0 Å². The third kappa shape index (κ3) is 3.16. The van der Waals surface area contributed by atoms with Gasteiger partial charge in [0.25, 0.3) is 11.5 Å². The largest absolute Gasteiger partial charge is 0.330 e. The molecule has 1 aromatic heterocycles. The van der Waals surface area contributed by atoms with Crippen molar-refractivity contribution in [2.24, 2.45) is 0 Å². The van der Waals surface area contributed by atoms with Crippen LogP contribution in [0.3, 0.4) is 0 Å². The third-order valence-corrected chi connectivity index (χ3v) is 3.39. The molecule has 0 spiro atoms. The van der Waals surface area contributed by atoms with Gasteiger partial charge in [-0.05, 0) is 36.6 Å². The Kier molecular flexibility index (Phi) is 3.51. The van der Waals surface area contributed by atoms with Crippen LogP contribution in [0.4, 0.5) is 4.39 Å². The van der Waals surface area contributed by atoms with Gasteiger partial charge in [0.15, 0.2) is 0 Å². The summed E-state index contributed by atoms with van der Waals surface area (Å²) in [7, 11) is 0. The van der Waals surface area contributed by atoms with Crippen molar-refractivity contribution in [3.63, 3.8) is 0 Å². The summed E-state index contributed by atoms with van der Waals surface area (Å²) in [5.74, 6) is -0.573. The lowest BCUT2D eigenvalue weighted by molar-refractivity contribution is 0.0722. The van der Waals surface area contributed by atoms with Crippen LogP contribution < -0.4 is 5.56 Å². The summed E-state index contributed by atoms with van der Waals surface area (Å²) in [4.78, 5) is 25.2. The lowest BCUT2D eigenvalue weighted by atomic mass is 10.2. The fraction of sp³-hybridized carbons (Fsp3) is 0.267. The molecule has 0 radical (unpaired) electrons. The van der Waals surface area contributed by atoms with E-state index in [4.69, 9.17) is 0 Å². The van der Waals surface area contributed by atoms with Gasteiger partial charge >= 0.3 is 0 Å². The molecule has 0 aliphatic heterocycles. The normalized spacial score (nSPS) is 14.0. The number of carbonyl (C=O) groups excluding carboxylic acids is 1. The van der Waals surface area contributed by atoms with E-state index in [1.165, 1.54) is 24.3 Å². The van der Waals surface area contributed by atoms with Gasteiger partial charge in [-0.1, -0.05) is 12.1 Å². The fourth-order valence-electron chi connectivity index (χ4n) is 2.20. The summed E-state index contributed by atoms with van der Waals surface area (Å²) in [5.41, 5.74) is 0.576. The first-order valence-corrected chi connectivity index (χ1v) is 6.74. The maximum atomic E-state index is 13.2. The van der Waals surface area contributed by atoms with Gasteiger partial charge in [-0.2, -0.15) is 5.10 Å². The van der Waals surface area contributed by atoms with Crippen LogP contribution >= 0.6 is 0 Å². The van der Waals surface area contributed by atoms with Crippen molar-refractivity contribution in [1.29, 1.82) is 0 Å². The number of carbonyl (C=O) groups is 1. The van der Waals surface area contributed by atoms with E-state index in [-0.39, 0.29) is 29.0 Å². The number of aromatic amines is 1. The number of aromatic nitrogens is 2. The van der Waals surface area contributed by atoms with E-state index >= 15 is 0 Å². The fourth-order valence-corrected chi connectivity index (χ4v) is 2.20. The molecule has 0 unspecified atom stereocenters. The maximum Gasteiger partial charge on any atom is 0.274 e. The third-order valence-electron chi connectivity index (χ3n) is 3.39. The molecule has 3 rings (SSSR count). The molecule has 0 bridgehead atoms. The zero-order valence-electron chi connectivity index (χ0n) is 11.3. The Bertz CT molecular complexity index is 704. The number of nitrogens with zero attached hydrogens (tertiary/aromatic N) is 2. The molecule has 1 heterocycles. The van der Waals surface area contributed by atoms with Gasteiger partial charge in [-0.3, -0.25) is 9.59 Å². The molecule has 1 fully saturated rings. The van der Waals surface area contributed by atoms with Crippen LogP contribution in [0.5, 0.6) is 0 Å². The Labute approximate surface area is 120 Å². The maximum absolute atomic E-state index is 13.2. The summed E-state index contributed by atoms with van der Waals surface area (Å²) in [5, 5.41) is 6.02. The number of nitrogens with one attached hydrogen (secondary N) is 1. The standard InChI is InChI=1S/C15H14FN3O2/c16-11-3-1-2-10(8-11)9-19(12-4-5-12)15(21)13-6-7-14(20)18-17-13/h1-3,6-8,12H,4-5,9H2,(H,18,20). The highest BCUT2D eigenvalue weighted by molar-refractivity contribution is 5.92. The SMILES string of the molecule is O=C(c1ccc(=O)[nH]n1)N(Cc1cccc(F)c1)C1CC1. The second-order valence-corrected chi connectivity index (χ2v) is 5.10. The predicted octanol–water partition coefficient (Wildman–Crippen LogP) is 1.71. The van der Waals surface area contributed by atoms with Crippen LogP contribution in [0, 0.1) is 5.82 Å². The van der Waals surface area contributed by atoms with Crippen molar-refractivity contribution >= 4 is 5.91 Å². The molecule has 108 valence electrons. The number of rotatable bonds is 4. The van der Waals surface area contributed by atoms with Gasteiger partial charge in [-0.15, -0.1) is 0 Å². The summed E-state index contributed by atoms with van der Waals surface area (Å²) >= 11 is 0. The smallest absolute Gasteiger partial charge is 0.274 e. The average Bonchev–Trinajstić information content (AvgIpc) is 3.29. The van der Waals surface area contributed by atoms with Gasteiger partial charge in [0.05, 0.1) is 0 Å². The minimum Gasteiger partial charge on any atom is -0.330 e. The molecular weight excluding hydrogens is 273 g/mol. The van der Waals surface area contributed by atoms with Crippen molar-refractivity contribution in [3.05, 3.63) is 63.8 Å². The number of hydrogen-bond acceptors (Lipinski definition) is 3. The van der Waals surface area contributed by atoms with Crippen molar-refractivity contribution in [3.8, 4) is 0 Å². The summed E-state index contributed by atoms with van der Waals surface area (Å²) in [6.45, 7) is 0.335. The molecular formula is C15H14FN3O2. The number of hydrogen-bond donors (Lipinski definition) is 1. The van der Waals surface area contributed by atoms with Gasteiger partial charge in [0.2, 0.25) is 0 Å². The van der Waals surface area contributed by atoms with E-state index in [1.807, 2.05) is 0 Å². The zero-order chi connectivity index (χ0) is 14.8. The molecule has 2 aromatic rings. The van der Waals surface area contributed by atoms with E-state index in [0.717, 1.165) is 18.4 Å². The van der Waals surface area contributed by atoms with Crippen molar-refractivity contribution < 1.29 is 9.18 Å². The van der Waals surface area contributed by atoms with Crippen LogP contribution in [0.25, 0.3) is 0 Å². The number of amides is 1. The van der Waals surface area contributed by atoms with Gasteiger partial charge < -0.3 is 4.90 Å². The van der Waals surface area contributed by atoms with Crippen LogP contribution in [0.1, 0.15) is 28.9 Å². The molecule has 1 aromatic carbocycles. The van der Waals surface area contributed by atoms with E-state index < -0.39 is 0 Å². The minimum absolute atomic E-state index is 0.162. The highest BCUT2D eigenvalue weighted by Crippen LogP contribution is 2.29. The Morgan fingerprint density at radius 1 is 1.33 bits per heavy atom. The minimum atomic E-state index is -0.352. The first-order valence-electron chi connectivity index (χ1n) is 6.74. The lowest BCUT2D eigenvalue weighted by Gasteiger charge is -2.22. The first kappa shape index (κ1) is 13.5. The number of benzene rings is 1. The average molecular weight is 287 g/mol.